The van der Waals surface area contributed by atoms with Gasteiger partial charge in [-0.05, 0) is 13.8 Å². The van der Waals surface area contributed by atoms with Crippen LogP contribution in [0.2, 0.25) is 0 Å². The Kier molecular flexibility index (Phi) is 2.83. The number of carbonyl (C=O) groups excluding carboxylic acids is 1. The number of ether oxygens (including phenoxy) is 1. The summed E-state index contributed by atoms with van der Waals surface area (Å²) in [4.78, 5) is 12.1. The summed E-state index contributed by atoms with van der Waals surface area (Å²) in [6, 6.07) is 1.56. The number of hydrogen-bond donors (Lipinski definition) is 2. The van der Waals surface area contributed by atoms with Gasteiger partial charge in [0, 0.05) is 11.6 Å². The second-order valence-corrected chi connectivity index (χ2v) is 4.58. The number of aromatic amines is 1. The predicted molar refractivity (Wildman–Crippen MR) is 64.2 cm³/mol. The molecule has 1 amide bonds. The summed E-state index contributed by atoms with van der Waals surface area (Å²) in [7, 11) is 0. The number of hydrogen-bond acceptors (Lipinski definition) is 5. The number of aryl methyl sites for hydroxylation is 1. The Morgan fingerprint density at radius 3 is 3.11 bits per heavy atom. The van der Waals surface area contributed by atoms with Gasteiger partial charge in [0.05, 0.1) is 24.9 Å². The zero-order chi connectivity index (χ0) is 13.4. The highest BCUT2D eigenvalue weighted by Gasteiger charge is 2.25. The first-order valence-corrected chi connectivity index (χ1v) is 6.03. The summed E-state index contributed by atoms with van der Waals surface area (Å²) >= 11 is 0. The van der Waals surface area contributed by atoms with Gasteiger partial charge in [0.1, 0.15) is 11.5 Å². The van der Waals surface area contributed by atoms with E-state index in [-0.39, 0.29) is 11.9 Å². The lowest BCUT2D eigenvalue weighted by molar-refractivity contribution is 0.0925. The standard InChI is InChI=1S/C12H14N4O3/c1-6-3-9(16-19-6)7(2)13-12(17)11-8-4-18-5-10(8)14-15-11/h3,7H,4-5H2,1-2H3,(H,13,17)(H,14,15). The first kappa shape index (κ1) is 11.9. The number of nitrogens with one attached hydrogen (secondary N) is 2. The Morgan fingerprint density at radius 2 is 2.37 bits per heavy atom. The van der Waals surface area contributed by atoms with Crippen molar-refractivity contribution < 1.29 is 14.1 Å². The van der Waals surface area contributed by atoms with Gasteiger partial charge in [0.2, 0.25) is 0 Å². The fraction of sp³-hybridized carbons (Fsp3) is 0.417. The lowest BCUT2D eigenvalue weighted by Crippen LogP contribution is -2.28. The van der Waals surface area contributed by atoms with E-state index < -0.39 is 0 Å². The lowest BCUT2D eigenvalue weighted by atomic mass is 10.2. The third-order valence-corrected chi connectivity index (χ3v) is 3.10. The molecule has 0 spiro atoms. The van der Waals surface area contributed by atoms with Gasteiger partial charge in [-0.25, -0.2) is 0 Å². The Bertz CT molecular complexity index is 616. The lowest BCUT2D eigenvalue weighted by Gasteiger charge is -2.09. The number of fused-ring (bicyclic) bond motifs is 1. The second kappa shape index (κ2) is 4.51. The largest absolute Gasteiger partial charge is 0.370 e. The zero-order valence-corrected chi connectivity index (χ0v) is 10.7. The maximum Gasteiger partial charge on any atom is 0.272 e. The predicted octanol–water partition coefficient (Wildman–Crippen LogP) is 1.23. The van der Waals surface area contributed by atoms with Crippen molar-refractivity contribution in [3.63, 3.8) is 0 Å². The fourth-order valence-corrected chi connectivity index (χ4v) is 2.05. The van der Waals surface area contributed by atoms with Crippen LogP contribution in [0.25, 0.3) is 0 Å². The van der Waals surface area contributed by atoms with Crippen LogP contribution >= 0.6 is 0 Å². The van der Waals surface area contributed by atoms with Crippen LogP contribution in [0, 0.1) is 6.92 Å². The van der Waals surface area contributed by atoms with E-state index in [1.807, 2.05) is 13.8 Å². The molecule has 1 aliphatic heterocycles. The normalized spacial score (nSPS) is 15.3. The van der Waals surface area contributed by atoms with E-state index in [9.17, 15) is 4.79 Å². The number of rotatable bonds is 3. The molecule has 1 unspecified atom stereocenters. The molecule has 0 radical (unpaired) electrons. The van der Waals surface area contributed by atoms with E-state index in [0.717, 1.165) is 11.3 Å². The molecule has 7 heteroatoms. The number of aromatic nitrogens is 3. The van der Waals surface area contributed by atoms with Crippen LogP contribution in [0.4, 0.5) is 0 Å². The maximum atomic E-state index is 12.1. The van der Waals surface area contributed by atoms with Gasteiger partial charge in [-0.15, -0.1) is 0 Å². The molecule has 100 valence electrons. The first-order valence-electron chi connectivity index (χ1n) is 6.03. The van der Waals surface area contributed by atoms with Gasteiger partial charge in [0.15, 0.2) is 5.69 Å². The van der Waals surface area contributed by atoms with E-state index in [1.54, 1.807) is 6.07 Å². The molecule has 0 aliphatic carbocycles. The quantitative estimate of drug-likeness (QED) is 0.867. The first-order chi connectivity index (χ1) is 9.15. The molecule has 0 saturated heterocycles. The average Bonchev–Trinajstić information content (AvgIpc) is 3.02. The van der Waals surface area contributed by atoms with Gasteiger partial charge in [-0.3, -0.25) is 9.89 Å². The summed E-state index contributed by atoms with van der Waals surface area (Å²) in [5.74, 6) is 0.473. The van der Waals surface area contributed by atoms with E-state index in [1.165, 1.54) is 0 Å². The van der Waals surface area contributed by atoms with Crippen LogP contribution in [0.1, 0.15) is 46.2 Å². The minimum atomic E-state index is -0.240. The molecular weight excluding hydrogens is 248 g/mol. The molecular formula is C12H14N4O3. The SMILES string of the molecule is Cc1cc(C(C)NC(=O)c2n[nH]c3c2COC3)no1. The zero-order valence-electron chi connectivity index (χ0n) is 10.7. The molecule has 1 aliphatic rings. The molecule has 7 nitrogen and oxygen atoms in total. The minimum absolute atomic E-state index is 0.236. The maximum absolute atomic E-state index is 12.1. The Balaban J connectivity index is 1.74. The van der Waals surface area contributed by atoms with Gasteiger partial charge in [0.25, 0.3) is 5.91 Å². The molecule has 0 fully saturated rings. The number of nitrogens with zero attached hydrogens (tertiary/aromatic N) is 2. The van der Waals surface area contributed by atoms with Crippen molar-refractivity contribution >= 4 is 5.91 Å². The van der Waals surface area contributed by atoms with E-state index >= 15 is 0 Å². The van der Waals surface area contributed by atoms with Crippen LogP contribution in [-0.4, -0.2) is 21.3 Å². The van der Waals surface area contributed by atoms with Gasteiger partial charge >= 0.3 is 0 Å². The van der Waals surface area contributed by atoms with Crippen molar-refractivity contribution in [2.75, 3.05) is 0 Å². The highest BCUT2D eigenvalue weighted by atomic mass is 16.5. The topological polar surface area (TPSA) is 93.0 Å². The number of H-pyrrole nitrogens is 1. The molecule has 3 rings (SSSR count). The van der Waals surface area contributed by atoms with Crippen molar-refractivity contribution in [1.29, 1.82) is 0 Å². The summed E-state index contributed by atoms with van der Waals surface area (Å²) < 4.78 is 10.2. The van der Waals surface area contributed by atoms with Crippen LogP contribution in [-0.2, 0) is 18.0 Å². The Morgan fingerprint density at radius 1 is 1.53 bits per heavy atom. The minimum Gasteiger partial charge on any atom is -0.370 e. The molecule has 0 aromatic carbocycles. The molecule has 2 aromatic rings. The highest BCUT2D eigenvalue weighted by molar-refractivity contribution is 5.94. The highest BCUT2D eigenvalue weighted by Crippen LogP contribution is 2.21. The Hall–Kier alpha value is -2.15. The van der Waals surface area contributed by atoms with Crippen LogP contribution in [0.5, 0.6) is 0 Å². The molecule has 3 heterocycles. The smallest absolute Gasteiger partial charge is 0.272 e. The van der Waals surface area contributed by atoms with Crippen molar-refractivity contribution in [2.45, 2.75) is 33.1 Å². The monoisotopic (exact) mass is 262 g/mol. The summed E-state index contributed by atoms with van der Waals surface area (Å²) in [6.45, 7) is 4.56. The van der Waals surface area contributed by atoms with Crippen molar-refractivity contribution in [3.8, 4) is 0 Å². The molecule has 2 aromatic heterocycles. The van der Waals surface area contributed by atoms with Crippen LogP contribution in [0.15, 0.2) is 10.6 Å². The molecule has 1 atom stereocenters. The third-order valence-electron chi connectivity index (χ3n) is 3.10. The summed E-state index contributed by atoms with van der Waals surface area (Å²) in [5.41, 5.74) is 2.78. The fourth-order valence-electron chi connectivity index (χ4n) is 2.05. The summed E-state index contributed by atoms with van der Waals surface area (Å²) in [5, 5.41) is 13.6. The van der Waals surface area contributed by atoms with E-state index in [0.29, 0.717) is 30.4 Å². The van der Waals surface area contributed by atoms with Crippen LogP contribution < -0.4 is 5.32 Å². The molecule has 0 bridgehead atoms. The van der Waals surface area contributed by atoms with Gasteiger partial charge in [-0.1, -0.05) is 5.16 Å². The van der Waals surface area contributed by atoms with Crippen molar-refractivity contribution in [1.82, 2.24) is 20.7 Å². The molecule has 0 saturated carbocycles. The van der Waals surface area contributed by atoms with Gasteiger partial charge in [-0.2, -0.15) is 5.10 Å². The number of amides is 1. The molecule has 19 heavy (non-hydrogen) atoms. The summed E-state index contributed by atoms with van der Waals surface area (Å²) in [6.07, 6.45) is 0. The second-order valence-electron chi connectivity index (χ2n) is 4.58. The average molecular weight is 262 g/mol. The molecule has 2 N–H and O–H groups in total. The van der Waals surface area contributed by atoms with Crippen molar-refractivity contribution in [3.05, 3.63) is 34.5 Å². The third kappa shape index (κ3) is 2.12. The van der Waals surface area contributed by atoms with Crippen LogP contribution in [0.3, 0.4) is 0 Å². The van der Waals surface area contributed by atoms with E-state index in [4.69, 9.17) is 9.26 Å². The van der Waals surface area contributed by atoms with Crippen molar-refractivity contribution in [2.24, 2.45) is 0 Å². The van der Waals surface area contributed by atoms with E-state index in [2.05, 4.69) is 20.7 Å². The van der Waals surface area contributed by atoms with Gasteiger partial charge < -0.3 is 14.6 Å². The number of carbonyl (C=O) groups is 1. The Labute approximate surface area is 109 Å².